The van der Waals surface area contributed by atoms with Gasteiger partial charge in [-0.1, -0.05) is 17.6 Å². The van der Waals surface area contributed by atoms with E-state index in [1.165, 1.54) is 12.1 Å². The first-order valence-corrected chi connectivity index (χ1v) is 3.00. The van der Waals surface area contributed by atoms with Gasteiger partial charge in [-0.2, -0.15) is 0 Å². The summed E-state index contributed by atoms with van der Waals surface area (Å²) in [7, 11) is 0.812. The standard InChI is InChI=1S/C7H5BFO2/c9-7-2-1-6(8-11)3-5(7)4-10/h1-4,11H. The first-order chi connectivity index (χ1) is 5.27. The van der Waals surface area contributed by atoms with E-state index in [-0.39, 0.29) is 5.56 Å². The normalized spacial score (nSPS) is 9.27. The molecule has 4 heteroatoms. The van der Waals surface area contributed by atoms with Gasteiger partial charge in [-0.05, 0) is 6.07 Å². The van der Waals surface area contributed by atoms with Crippen LogP contribution in [0.15, 0.2) is 18.2 Å². The van der Waals surface area contributed by atoms with E-state index in [0.717, 1.165) is 13.5 Å². The minimum Gasteiger partial charge on any atom is -0.450 e. The van der Waals surface area contributed by atoms with Crippen LogP contribution in [-0.2, 0) is 0 Å². The highest BCUT2D eigenvalue weighted by Gasteiger charge is 2.01. The fourth-order valence-corrected chi connectivity index (χ4v) is 0.733. The molecule has 1 radical (unpaired) electrons. The van der Waals surface area contributed by atoms with Crippen LogP contribution in [0.1, 0.15) is 10.4 Å². The number of hydrogen-bond donors (Lipinski definition) is 1. The third-order valence-corrected chi connectivity index (χ3v) is 1.30. The predicted octanol–water partition coefficient (Wildman–Crippen LogP) is -0.125. The number of carbonyl (C=O) groups excluding carboxylic acids is 1. The highest BCUT2D eigenvalue weighted by molar-refractivity contribution is 6.45. The van der Waals surface area contributed by atoms with Gasteiger partial charge in [0.15, 0.2) is 6.29 Å². The van der Waals surface area contributed by atoms with Crippen molar-refractivity contribution >= 4 is 19.2 Å². The molecule has 0 fully saturated rings. The molecule has 0 amide bonds. The highest BCUT2D eigenvalue weighted by atomic mass is 19.1. The Morgan fingerprint density at radius 1 is 1.55 bits per heavy atom. The monoisotopic (exact) mass is 151 g/mol. The zero-order valence-corrected chi connectivity index (χ0v) is 5.62. The summed E-state index contributed by atoms with van der Waals surface area (Å²) in [6.07, 6.45) is 0.405. The highest BCUT2D eigenvalue weighted by Crippen LogP contribution is 2.00. The van der Waals surface area contributed by atoms with Crippen molar-refractivity contribution in [2.24, 2.45) is 0 Å². The largest absolute Gasteiger partial charge is 0.450 e. The Morgan fingerprint density at radius 2 is 2.27 bits per heavy atom. The van der Waals surface area contributed by atoms with Crippen LogP contribution in [0.25, 0.3) is 0 Å². The van der Waals surface area contributed by atoms with Crippen molar-refractivity contribution in [1.82, 2.24) is 0 Å². The summed E-state index contributed by atoms with van der Waals surface area (Å²) in [4.78, 5) is 10.2. The topological polar surface area (TPSA) is 37.3 Å². The van der Waals surface area contributed by atoms with Gasteiger partial charge < -0.3 is 5.02 Å². The van der Waals surface area contributed by atoms with E-state index in [1.54, 1.807) is 0 Å². The number of aldehydes is 1. The van der Waals surface area contributed by atoms with Gasteiger partial charge in [-0.3, -0.25) is 4.79 Å². The van der Waals surface area contributed by atoms with Crippen molar-refractivity contribution in [3.8, 4) is 0 Å². The predicted molar refractivity (Wildman–Crippen MR) is 39.4 cm³/mol. The fourth-order valence-electron chi connectivity index (χ4n) is 0.733. The van der Waals surface area contributed by atoms with Crippen LogP contribution in [0, 0.1) is 5.82 Å². The molecule has 55 valence electrons. The Kier molecular flexibility index (Phi) is 2.38. The average molecular weight is 151 g/mol. The summed E-state index contributed by atoms with van der Waals surface area (Å²) < 4.78 is 12.6. The summed E-state index contributed by atoms with van der Waals surface area (Å²) >= 11 is 0. The van der Waals surface area contributed by atoms with Gasteiger partial charge >= 0.3 is 7.48 Å². The molecule has 1 aromatic carbocycles. The average Bonchev–Trinajstić information content (AvgIpc) is 2.05. The molecule has 0 aliphatic carbocycles. The number of rotatable bonds is 2. The maximum Gasteiger partial charge on any atom is 0.326 e. The fraction of sp³-hybridized carbons (Fsp3) is 0. The minimum atomic E-state index is -0.578. The van der Waals surface area contributed by atoms with Gasteiger partial charge in [-0.15, -0.1) is 0 Å². The van der Waals surface area contributed by atoms with Crippen LogP contribution >= 0.6 is 0 Å². The van der Waals surface area contributed by atoms with Crippen molar-refractivity contribution in [3.63, 3.8) is 0 Å². The van der Waals surface area contributed by atoms with Crippen LogP contribution < -0.4 is 5.46 Å². The Hall–Kier alpha value is -1.16. The van der Waals surface area contributed by atoms with Crippen LogP contribution in [0.4, 0.5) is 4.39 Å². The summed E-state index contributed by atoms with van der Waals surface area (Å²) in [6, 6.07) is 3.77. The molecule has 0 saturated carbocycles. The van der Waals surface area contributed by atoms with E-state index < -0.39 is 5.82 Å². The second kappa shape index (κ2) is 3.30. The smallest absolute Gasteiger partial charge is 0.326 e. The van der Waals surface area contributed by atoms with E-state index in [2.05, 4.69) is 0 Å². The van der Waals surface area contributed by atoms with Crippen LogP contribution in [0.3, 0.4) is 0 Å². The van der Waals surface area contributed by atoms with Gasteiger partial charge in [0.2, 0.25) is 0 Å². The van der Waals surface area contributed by atoms with Crippen molar-refractivity contribution in [1.29, 1.82) is 0 Å². The second-order valence-electron chi connectivity index (χ2n) is 2.03. The first kappa shape index (κ1) is 7.95. The molecule has 0 saturated heterocycles. The zero-order valence-electron chi connectivity index (χ0n) is 5.62. The molecule has 0 aliphatic rings. The lowest BCUT2D eigenvalue weighted by Gasteiger charge is -1.96. The molecule has 0 aromatic heterocycles. The maximum atomic E-state index is 12.6. The third kappa shape index (κ3) is 1.65. The molecule has 0 spiro atoms. The lowest BCUT2D eigenvalue weighted by atomic mass is 9.88. The van der Waals surface area contributed by atoms with Crippen LogP contribution in [0.2, 0.25) is 0 Å². The maximum absolute atomic E-state index is 12.6. The molecule has 1 rings (SSSR count). The Labute approximate surface area is 63.9 Å². The SMILES string of the molecule is O=Cc1cc([B]O)ccc1F. The van der Waals surface area contributed by atoms with Crippen LogP contribution in [0.5, 0.6) is 0 Å². The molecule has 11 heavy (non-hydrogen) atoms. The molecule has 0 unspecified atom stereocenters. The van der Waals surface area contributed by atoms with E-state index in [1.807, 2.05) is 0 Å². The Morgan fingerprint density at radius 3 is 2.82 bits per heavy atom. The summed E-state index contributed by atoms with van der Waals surface area (Å²) in [5.74, 6) is -0.578. The summed E-state index contributed by atoms with van der Waals surface area (Å²) in [6.45, 7) is 0. The van der Waals surface area contributed by atoms with Crippen molar-refractivity contribution in [2.45, 2.75) is 0 Å². The Balaban J connectivity index is 3.12. The number of hydrogen-bond acceptors (Lipinski definition) is 2. The molecule has 0 bridgehead atoms. The molecule has 1 aromatic rings. The van der Waals surface area contributed by atoms with Gasteiger partial charge in [-0.25, -0.2) is 4.39 Å². The number of benzene rings is 1. The lowest BCUT2D eigenvalue weighted by Crippen LogP contribution is -2.14. The van der Waals surface area contributed by atoms with Gasteiger partial charge in [0.25, 0.3) is 0 Å². The lowest BCUT2D eigenvalue weighted by molar-refractivity contribution is 0.112. The van der Waals surface area contributed by atoms with Gasteiger partial charge in [0.1, 0.15) is 5.82 Å². The molecule has 0 aliphatic heterocycles. The van der Waals surface area contributed by atoms with E-state index in [0.29, 0.717) is 11.7 Å². The summed E-state index contributed by atoms with van der Waals surface area (Å²) in [5.41, 5.74) is 0.362. The molecule has 0 atom stereocenters. The summed E-state index contributed by atoms with van der Waals surface area (Å²) in [5, 5.41) is 8.49. The molecule has 2 nitrogen and oxygen atoms in total. The van der Waals surface area contributed by atoms with Crippen LogP contribution in [-0.4, -0.2) is 18.8 Å². The van der Waals surface area contributed by atoms with E-state index >= 15 is 0 Å². The quantitative estimate of drug-likeness (QED) is 0.472. The van der Waals surface area contributed by atoms with Gasteiger partial charge in [0, 0.05) is 5.56 Å². The second-order valence-corrected chi connectivity index (χ2v) is 2.03. The molecular formula is C7H5BFO2. The third-order valence-electron chi connectivity index (χ3n) is 1.30. The number of halogens is 1. The molecule has 1 N–H and O–H groups in total. The number of carbonyl (C=O) groups is 1. The van der Waals surface area contributed by atoms with E-state index in [9.17, 15) is 9.18 Å². The van der Waals surface area contributed by atoms with Crippen molar-refractivity contribution < 1.29 is 14.2 Å². The van der Waals surface area contributed by atoms with E-state index in [4.69, 9.17) is 5.02 Å². The van der Waals surface area contributed by atoms with Crippen molar-refractivity contribution in [2.75, 3.05) is 0 Å². The first-order valence-electron chi connectivity index (χ1n) is 3.00. The minimum absolute atomic E-state index is 0.0483. The van der Waals surface area contributed by atoms with Gasteiger partial charge in [0.05, 0.1) is 0 Å². The molecule has 0 heterocycles. The molecular weight excluding hydrogens is 146 g/mol. The Bertz CT molecular complexity index is 275. The van der Waals surface area contributed by atoms with Crippen molar-refractivity contribution in [3.05, 3.63) is 29.6 Å². The zero-order chi connectivity index (χ0) is 8.27.